The largest absolute Gasteiger partial charge is 0.497 e. The molecule has 5 nitrogen and oxygen atoms in total. The van der Waals surface area contributed by atoms with E-state index in [-0.39, 0.29) is 5.92 Å². The molecular weight excluding hydrogens is 360 g/mol. The fraction of sp³-hybridized carbons (Fsp3) is 0.333. The zero-order chi connectivity index (χ0) is 19.0. The maximum absolute atomic E-state index is 13.1. The number of ether oxygens (including phenoxy) is 1. The number of aromatic nitrogens is 1. The predicted octanol–water partition coefficient (Wildman–Crippen LogP) is 4.05. The summed E-state index contributed by atoms with van der Waals surface area (Å²) >= 11 is 0. The standard InChI is InChI=1S/C21H24N2O3S/c1-15-5-10-20-17(12-15)13-21(22-20)16-4-3-11-23(14-16)27(24,25)19-8-6-18(26-2)7-9-19/h5-10,12-13,16,22H,3-4,11,14H2,1-2H3. The van der Waals surface area contributed by atoms with Crippen LogP contribution >= 0.6 is 0 Å². The molecule has 6 heteroatoms. The lowest BCUT2D eigenvalue weighted by Gasteiger charge is -2.31. The molecule has 1 unspecified atom stereocenters. The lowest BCUT2D eigenvalue weighted by atomic mass is 9.96. The number of sulfonamides is 1. The summed E-state index contributed by atoms with van der Waals surface area (Å²) in [6.45, 7) is 3.14. The normalized spacial score (nSPS) is 18.7. The summed E-state index contributed by atoms with van der Waals surface area (Å²) in [5.74, 6) is 0.832. The molecule has 0 saturated carbocycles. The smallest absolute Gasteiger partial charge is 0.243 e. The van der Waals surface area contributed by atoms with Gasteiger partial charge in [0.05, 0.1) is 12.0 Å². The number of piperidine rings is 1. The molecule has 1 atom stereocenters. The lowest BCUT2D eigenvalue weighted by Crippen LogP contribution is -2.39. The summed E-state index contributed by atoms with van der Waals surface area (Å²) in [4.78, 5) is 3.80. The highest BCUT2D eigenvalue weighted by molar-refractivity contribution is 7.89. The van der Waals surface area contributed by atoms with Gasteiger partial charge >= 0.3 is 0 Å². The molecule has 1 saturated heterocycles. The monoisotopic (exact) mass is 384 g/mol. The van der Waals surface area contributed by atoms with E-state index in [2.05, 4.69) is 36.2 Å². The maximum Gasteiger partial charge on any atom is 0.243 e. The number of rotatable bonds is 4. The van der Waals surface area contributed by atoms with E-state index in [1.165, 1.54) is 10.9 Å². The molecule has 0 bridgehead atoms. The Morgan fingerprint density at radius 2 is 1.89 bits per heavy atom. The third kappa shape index (κ3) is 3.47. The molecule has 1 aromatic heterocycles. The average molecular weight is 385 g/mol. The molecule has 142 valence electrons. The number of hydrogen-bond acceptors (Lipinski definition) is 3. The summed E-state index contributed by atoms with van der Waals surface area (Å²) in [6.07, 6.45) is 1.84. The average Bonchev–Trinajstić information content (AvgIpc) is 3.11. The Hall–Kier alpha value is -2.31. The molecule has 1 fully saturated rings. The van der Waals surface area contributed by atoms with Crippen molar-refractivity contribution in [3.05, 3.63) is 59.8 Å². The topological polar surface area (TPSA) is 62.4 Å². The van der Waals surface area contributed by atoms with Crippen molar-refractivity contribution in [1.29, 1.82) is 0 Å². The minimum atomic E-state index is -3.50. The number of methoxy groups -OCH3 is 1. The first-order valence-electron chi connectivity index (χ1n) is 9.21. The number of aryl methyl sites for hydroxylation is 1. The van der Waals surface area contributed by atoms with Crippen LogP contribution in [0, 0.1) is 6.92 Å². The molecular formula is C21H24N2O3S. The first-order valence-corrected chi connectivity index (χ1v) is 10.6. The van der Waals surface area contributed by atoms with Crippen LogP contribution in [0.3, 0.4) is 0 Å². The molecule has 4 rings (SSSR count). The van der Waals surface area contributed by atoms with Crippen LogP contribution in [0.5, 0.6) is 5.75 Å². The third-order valence-corrected chi connectivity index (χ3v) is 7.20. The first kappa shape index (κ1) is 18.1. The highest BCUT2D eigenvalue weighted by Gasteiger charge is 2.31. The van der Waals surface area contributed by atoms with Gasteiger partial charge in [0.2, 0.25) is 10.0 Å². The Labute approximate surface area is 160 Å². The number of H-pyrrole nitrogens is 1. The molecule has 27 heavy (non-hydrogen) atoms. The number of nitrogens with zero attached hydrogens (tertiary/aromatic N) is 1. The summed E-state index contributed by atoms with van der Waals surface area (Å²) in [5.41, 5.74) is 3.44. The molecule has 1 aliphatic heterocycles. The molecule has 2 heterocycles. The number of aromatic amines is 1. The van der Waals surface area contributed by atoms with Crippen LogP contribution in [-0.2, 0) is 10.0 Å². The fourth-order valence-corrected chi connectivity index (χ4v) is 5.33. The predicted molar refractivity (Wildman–Crippen MR) is 107 cm³/mol. The van der Waals surface area contributed by atoms with E-state index in [0.717, 1.165) is 24.1 Å². The summed E-state index contributed by atoms with van der Waals surface area (Å²) in [5, 5.41) is 1.18. The van der Waals surface area contributed by atoms with Crippen LogP contribution in [-0.4, -0.2) is 37.9 Å². The molecule has 1 aliphatic rings. The van der Waals surface area contributed by atoms with E-state index >= 15 is 0 Å². The van der Waals surface area contributed by atoms with Crippen molar-refractivity contribution in [2.24, 2.45) is 0 Å². The maximum atomic E-state index is 13.1. The van der Waals surface area contributed by atoms with Gasteiger partial charge in [-0.3, -0.25) is 0 Å². The first-order chi connectivity index (χ1) is 13.0. The van der Waals surface area contributed by atoms with Crippen LogP contribution in [0.2, 0.25) is 0 Å². The van der Waals surface area contributed by atoms with Crippen molar-refractivity contribution < 1.29 is 13.2 Å². The summed E-state index contributed by atoms with van der Waals surface area (Å²) < 4.78 is 32.8. The number of nitrogens with one attached hydrogen (secondary N) is 1. The van der Waals surface area contributed by atoms with Gasteiger partial charge in [-0.15, -0.1) is 0 Å². The quantitative estimate of drug-likeness (QED) is 0.738. The highest BCUT2D eigenvalue weighted by atomic mass is 32.2. The zero-order valence-electron chi connectivity index (χ0n) is 15.6. The van der Waals surface area contributed by atoms with Crippen molar-refractivity contribution >= 4 is 20.9 Å². The van der Waals surface area contributed by atoms with Gasteiger partial charge in [-0.2, -0.15) is 4.31 Å². The SMILES string of the molecule is COc1ccc(S(=O)(=O)N2CCCC(c3cc4cc(C)ccc4[nH]3)C2)cc1. The van der Waals surface area contributed by atoms with Crippen LogP contribution in [0.25, 0.3) is 10.9 Å². The molecule has 0 aliphatic carbocycles. The van der Waals surface area contributed by atoms with Crippen LogP contribution in [0.4, 0.5) is 0 Å². The minimum Gasteiger partial charge on any atom is -0.497 e. The van der Waals surface area contributed by atoms with E-state index in [0.29, 0.717) is 23.7 Å². The Bertz CT molecular complexity index is 1050. The summed E-state index contributed by atoms with van der Waals surface area (Å²) in [6, 6.07) is 15.1. The molecule has 0 spiro atoms. The fourth-order valence-electron chi connectivity index (χ4n) is 3.81. The summed E-state index contributed by atoms with van der Waals surface area (Å²) in [7, 11) is -1.93. The second-order valence-electron chi connectivity index (χ2n) is 7.19. The third-order valence-electron chi connectivity index (χ3n) is 5.32. The van der Waals surface area contributed by atoms with E-state index in [9.17, 15) is 8.42 Å². The van der Waals surface area contributed by atoms with Gasteiger partial charge in [-0.1, -0.05) is 11.6 Å². The van der Waals surface area contributed by atoms with Gasteiger partial charge in [-0.25, -0.2) is 8.42 Å². The lowest BCUT2D eigenvalue weighted by molar-refractivity contribution is 0.313. The van der Waals surface area contributed by atoms with E-state index in [1.54, 1.807) is 35.7 Å². The number of fused-ring (bicyclic) bond motifs is 1. The number of hydrogen-bond donors (Lipinski definition) is 1. The molecule has 1 N–H and O–H groups in total. The van der Waals surface area contributed by atoms with Crippen LogP contribution in [0.1, 0.15) is 30.0 Å². The van der Waals surface area contributed by atoms with Gasteiger partial charge < -0.3 is 9.72 Å². The van der Waals surface area contributed by atoms with Crippen molar-refractivity contribution in [3.63, 3.8) is 0 Å². The van der Waals surface area contributed by atoms with Gasteiger partial charge in [0.25, 0.3) is 0 Å². The van der Waals surface area contributed by atoms with Gasteiger partial charge in [0.1, 0.15) is 5.75 Å². The van der Waals surface area contributed by atoms with Crippen LogP contribution < -0.4 is 4.74 Å². The highest BCUT2D eigenvalue weighted by Crippen LogP contribution is 2.32. The molecule has 2 aromatic carbocycles. The molecule has 0 radical (unpaired) electrons. The Balaban J connectivity index is 1.59. The second kappa shape index (κ2) is 7.02. The number of benzene rings is 2. The Morgan fingerprint density at radius 1 is 1.11 bits per heavy atom. The molecule has 0 amide bonds. The van der Waals surface area contributed by atoms with Gasteiger partial charge in [-0.05, 0) is 67.6 Å². The van der Waals surface area contributed by atoms with E-state index in [1.807, 2.05) is 0 Å². The van der Waals surface area contributed by atoms with Crippen molar-refractivity contribution in [2.75, 3.05) is 20.2 Å². The second-order valence-corrected chi connectivity index (χ2v) is 9.13. The van der Waals surface area contributed by atoms with Gasteiger partial charge in [0.15, 0.2) is 0 Å². The van der Waals surface area contributed by atoms with Crippen molar-refractivity contribution in [2.45, 2.75) is 30.6 Å². The van der Waals surface area contributed by atoms with Crippen molar-refractivity contribution in [1.82, 2.24) is 9.29 Å². The van der Waals surface area contributed by atoms with Crippen molar-refractivity contribution in [3.8, 4) is 5.75 Å². The van der Waals surface area contributed by atoms with E-state index in [4.69, 9.17) is 4.74 Å². The van der Waals surface area contributed by atoms with Crippen LogP contribution in [0.15, 0.2) is 53.4 Å². The minimum absolute atomic E-state index is 0.180. The van der Waals surface area contributed by atoms with E-state index < -0.39 is 10.0 Å². The Morgan fingerprint density at radius 3 is 2.63 bits per heavy atom. The molecule has 3 aromatic rings. The zero-order valence-corrected chi connectivity index (χ0v) is 16.4. The van der Waals surface area contributed by atoms with Gasteiger partial charge in [0, 0.05) is 30.2 Å². The Kier molecular flexibility index (Phi) is 4.70.